The lowest BCUT2D eigenvalue weighted by Crippen LogP contribution is -2.35. The van der Waals surface area contributed by atoms with Crippen molar-refractivity contribution < 1.29 is 17.6 Å². The Morgan fingerprint density at radius 1 is 1.21 bits per heavy atom. The van der Waals surface area contributed by atoms with Crippen LogP contribution in [0.25, 0.3) is 17.4 Å². The average molecular weight is 479 g/mol. The van der Waals surface area contributed by atoms with Gasteiger partial charge < -0.3 is 4.42 Å². The zero-order chi connectivity index (χ0) is 20.1. The first-order valence-electron chi connectivity index (χ1n) is 7.78. The number of hydrogen-bond acceptors (Lipinski definition) is 7. The number of benzene rings is 1. The molecule has 0 spiro atoms. The lowest BCUT2D eigenvalue weighted by atomic mass is 10.1. The maximum Gasteiger partial charge on any atom is 0.283 e. The predicted molar refractivity (Wildman–Crippen MR) is 112 cm³/mol. The van der Waals surface area contributed by atoms with Gasteiger partial charge in [-0.3, -0.25) is 10.2 Å². The second-order valence-corrected chi connectivity index (χ2v) is 9.93. The SMILES string of the molecule is CS(=O)(=O)C1=NN2C(=N)/C(=C/c3ccc(-c4ccc(Br)cc4)o3)C(=O)N=C2S1. The first kappa shape index (κ1) is 18.8. The highest BCUT2D eigenvalue weighted by atomic mass is 79.9. The topological polar surface area (TPSA) is 116 Å². The van der Waals surface area contributed by atoms with Crippen LogP contribution in [0.2, 0.25) is 0 Å². The van der Waals surface area contributed by atoms with Crippen molar-refractivity contribution in [2.45, 2.75) is 0 Å². The van der Waals surface area contributed by atoms with E-state index >= 15 is 0 Å². The zero-order valence-corrected chi connectivity index (χ0v) is 17.4. The zero-order valence-electron chi connectivity index (χ0n) is 14.2. The Balaban J connectivity index is 1.66. The van der Waals surface area contributed by atoms with Gasteiger partial charge in [0.2, 0.25) is 19.4 Å². The van der Waals surface area contributed by atoms with Gasteiger partial charge in [-0.1, -0.05) is 28.1 Å². The Hall–Kier alpha value is -2.50. The molecular weight excluding hydrogens is 468 g/mol. The summed E-state index contributed by atoms with van der Waals surface area (Å²) in [6, 6.07) is 11.0. The van der Waals surface area contributed by atoms with E-state index in [0.29, 0.717) is 11.5 Å². The fraction of sp³-hybridized carbons (Fsp3) is 0.0588. The number of furan rings is 1. The van der Waals surface area contributed by atoms with Crippen LogP contribution in [-0.2, 0) is 14.6 Å². The van der Waals surface area contributed by atoms with Crippen molar-refractivity contribution in [2.75, 3.05) is 6.26 Å². The Labute approximate surface area is 172 Å². The second-order valence-electron chi connectivity index (χ2n) is 5.87. The molecule has 2 aliphatic heterocycles. The Morgan fingerprint density at radius 2 is 1.93 bits per heavy atom. The monoisotopic (exact) mass is 478 g/mol. The number of carbonyl (C=O) groups is 1. The lowest BCUT2D eigenvalue weighted by Gasteiger charge is -2.19. The van der Waals surface area contributed by atoms with Crippen LogP contribution in [0.5, 0.6) is 0 Å². The first-order chi connectivity index (χ1) is 13.2. The molecule has 2 aromatic rings. The third-order valence-electron chi connectivity index (χ3n) is 3.80. The van der Waals surface area contributed by atoms with Gasteiger partial charge in [0.1, 0.15) is 11.5 Å². The van der Waals surface area contributed by atoms with Gasteiger partial charge in [-0.05, 0) is 42.1 Å². The summed E-state index contributed by atoms with van der Waals surface area (Å²) < 4.78 is 29.8. The molecule has 2 aliphatic rings. The van der Waals surface area contributed by atoms with Crippen molar-refractivity contribution in [1.82, 2.24) is 5.01 Å². The molecule has 0 unspecified atom stereocenters. The standard InChI is InChI=1S/C17H11BrN4O4S2/c1-28(24,25)17-21-22-14(19)12(15(23)20-16(22)27-17)8-11-6-7-13(26-11)9-2-4-10(18)5-3-9/h2-8,19H,1H3/b12-8-,19-14?. The van der Waals surface area contributed by atoms with E-state index in [9.17, 15) is 13.2 Å². The fourth-order valence-corrected chi connectivity index (χ4v) is 4.42. The van der Waals surface area contributed by atoms with Gasteiger partial charge in [0.15, 0.2) is 5.84 Å². The summed E-state index contributed by atoms with van der Waals surface area (Å²) in [5.41, 5.74) is 0.816. The number of fused-ring (bicyclic) bond motifs is 1. The number of hydrogen-bond donors (Lipinski definition) is 1. The minimum atomic E-state index is -3.57. The molecule has 0 saturated carbocycles. The molecule has 0 aliphatic carbocycles. The average Bonchev–Trinajstić information content (AvgIpc) is 3.26. The normalized spacial score (nSPS) is 18.4. The molecule has 28 heavy (non-hydrogen) atoms. The van der Waals surface area contributed by atoms with Gasteiger partial charge in [-0.15, -0.1) is 5.10 Å². The van der Waals surface area contributed by atoms with Gasteiger partial charge >= 0.3 is 0 Å². The third-order valence-corrected chi connectivity index (χ3v) is 6.90. The Kier molecular flexibility index (Phi) is 4.60. The van der Waals surface area contributed by atoms with Gasteiger partial charge in [-0.2, -0.15) is 10.0 Å². The van der Waals surface area contributed by atoms with Gasteiger partial charge in [0, 0.05) is 16.3 Å². The van der Waals surface area contributed by atoms with Crippen molar-refractivity contribution in [1.29, 1.82) is 5.41 Å². The minimum Gasteiger partial charge on any atom is -0.457 e. The van der Waals surface area contributed by atoms with E-state index in [1.165, 1.54) is 6.08 Å². The van der Waals surface area contributed by atoms with E-state index in [4.69, 9.17) is 9.83 Å². The van der Waals surface area contributed by atoms with E-state index in [-0.39, 0.29) is 21.0 Å². The Morgan fingerprint density at radius 3 is 2.61 bits per heavy atom. The van der Waals surface area contributed by atoms with Gasteiger partial charge in [0.05, 0.1) is 5.57 Å². The summed E-state index contributed by atoms with van der Waals surface area (Å²) in [6.07, 6.45) is 2.40. The molecule has 0 saturated heterocycles. The highest BCUT2D eigenvalue weighted by Crippen LogP contribution is 2.31. The molecule has 142 valence electrons. The van der Waals surface area contributed by atoms with Crippen LogP contribution in [-0.4, -0.2) is 41.0 Å². The number of sulfone groups is 1. The number of rotatable bonds is 2. The molecule has 0 atom stereocenters. The molecule has 3 heterocycles. The number of aliphatic imine (C=N–C) groups is 1. The number of nitrogens with zero attached hydrogens (tertiary/aromatic N) is 3. The Bertz CT molecular complexity index is 1210. The van der Waals surface area contributed by atoms with Crippen LogP contribution < -0.4 is 0 Å². The summed E-state index contributed by atoms with van der Waals surface area (Å²) in [5, 5.41) is 13.2. The summed E-state index contributed by atoms with van der Waals surface area (Å²) in [7, 11) is -3.57. The second kappa shape index (κ2) is 6.83. The van der Waals surface area contributed by atoms with E-state index in [2.05, 4.69) is 26.0 Å². The van der Waals surface area contributed by atoms with Crippen LogP contribution >= 0.6 is 27.7 Å². The minimum absolute atomic E-state index is 0.0421. The predicted octanol–water partition coefficient (Wildman–Crippen LogP) is 3.33. The lowest BCUT2D eigenvalue weighted by molar-refractivity contribution is -0.114. The molecule has 1 aromatic heterocycles. The van der Waals surface area contributed by atoms with Crippen LogP contribution in [0.15, 0.2) is 61.0 Å². The summed E-state index contributed by atoms with van der Waals surface area (Å²) in [4.78, 5) is 16.2. The molecule has 0 radical (unpaired) electrons. The van der Waals surface area contributed by atoms with Crippen LogP contribution in [0.1, 0.15) is 5.76 Å². The maximum atomic E-state index is 12.3. The van der Waals surface area contributed by atoms with Crippen LogP contribution in [0.4, 0.5) is 0 Å². The molecule has 8 nitrogen and oxygen atoms in total. The molecule has 0 fully saturated rings. The highest BCUT2D eigenvalue weighted by molar-refractivity contribution is 9.10. The van der Waals surface area contributed by atoms with Crippen molar-refractivity contribution in [2.24, 2.45) is 10.1 Å². The van der Waals surface area contributed by atoms with Crippen molar-refractivity contribution in [3.8, 4) is 11.3 Å². The quantitative estimate of drug-likeness (QED) is 0.661. The summed E-state index contributed by atoms with van der Waals surface area (Å²) in [6.45, 7) is 0. The van der Waals surface area contributed by atoms with E-state index in [1.807, 2.05) is 24.3 Å². The van der Waals surface area contributed by atoms with Gasteiger partial charge in [-0.25, -0.2) is 8.42 Å². The first-order valence-corrected chi connectivity index (χ1v) is 11.3. The molecule has 11 heteroatoms. The highest BCUT2D eigenvalue weighted by Gasteiger charge is 2.38. The molecule has 4 rings (SSSR count). The molecule has 1 aromatic carbocycles. The largest absolute Gasteiger partial charge is 0.457 e. The van der Waals surface area contributed by atoms with E-state index in [0.717, 1.165) is 33.1 Å². The van der Waals surface area contributed by atoms with E-state index in [1.54, 1.807) is 12.1 Å². The number of halogens is 1. The molecular formula is C17H11BrN4O4S2. The number of amides is 1. The molecule has 1 N–H and O–H groups in total. The van der Waals surface area contributed by atoms with Gasteiger partial charge in [0.25, 0.3) is 5.91 Å². The number of nitrogens with one attached hydrogen (secondary N) is 1. The third kappa shape index (κ3) is 3.48. The van der Waals surface area contributed by atoms with Crippen molar-refractivity contribution in [3.05, 3.63) is 52.2 Å². The summed E-state index contributed by atoms with van der Waals surface area (Å²) in [5.74, 6) is 0.0503. The van der Waals surface area contributed by atoms with E-state index < -0.39 is 15.7 Å². The molecule has 1 amide bonds. The summed E-state index contributed by atoms with van der Waals surface area (Å²) >= 11 is 4.11. The maximum absolute atomic E-state index is 12.3. The van der Waals surface area contributed by atoms with Crippen LogP contribution in [0.3, 0.4) is 0 Å². The molecule has 0 bridgehead atoms. The number of hydrazone groups is 1. The number of thioether (sulfide) groups is 1. The van der Waals surface area contributed by atoms with Crippen LogP contribution in [0, 0.1) is 5.41 Å². The van der Waals surface area contributed by atoms with Crippen molar-refractivity contribution in [3.63, 3.8) is 0 Å². The van der Waals surface area contributed by atoms with Crippen molar-refractivity contribution >= 4 is 64.9 Å². The fourth-order valence-electron chi connectivity index (χ4n) is 2.47. The smallest absolute Gasteiger partial charge is 0.283 e. The number of carbonyl (C=O) groups excluding carboxylic acids is 1. The number of amidine groups is 2.